The Morgan fingerprint density at radius 1 is 0.767 bits per heavy atom. The Morgan fingerprint density at radius 3 is 2.10 bits per heavy atom. The number of nitrogens with one attached hydrogen (secondary N) is 1. The minimum absolute atomic E-state index is 0.542. The van der Waals surface area contributed by atoms with E-state index >= 15 is 0 Å². The summed E-state index contributed by atoms with van der Waals surface area (Å²) in [6.07, 6.45) is 1.63. The number of rotatable bonds is 7. The van der Waals surface area contributed by atoms with Crippen LogP contribution in [-0.4, -0.2) is 29.3 Å². The van der Waals surface area contributed by atoms with Crippen molar-refractivity contribution in [1.29, 1.82) is 0 Å². The Labute approximate surface area is 176 Å². The summed E-state index contributed by atoms with van der Waals surface area (Å²) in [5, 5.41) is 11.8. The molecule has 0 fully saturated rings. The van der Waals surface area contributed by atoms with Crippen LogP contribution in [0.5, 0.6) is 0 Å². The second kappa shape index (κ2) is 9.05. The maximum Gasteiger partial charge on any atom is 0.252 e. The molecule has 30 heavy (non-hydrogen) atoms. The average Bonchev–Trinajstić information content (AvgIpc) is 2.79. The van der Waals surface area contributed by atoms with E-state index in [1.807, 2.05) is 74.8 Å². The van der Waals surface area contributed by atoms with Gasteiger partial charge < -0.3 is 15.1 Å². The summed E-state index contributed by atoms with van der Waals surface area (Å²) >= 11 is 0. The van der Waals surface area contributed by atoms with Gasteiger partial charge in [0.05, 0.1) is 12.7 Å². The Hall–Kier alpha value is -3.93. The number of aromatic nitrogens is 3. The highest BCUT2D eigenvalue weighted by Crippen LogP contribution is 2.25. The summed E-state index contributed by atoms with van der Waals surface area (Å²) in [6.45, 7) is 0.646. The van der Waals surface area contributed by atoms with Crippen LogP contribution >= 0.6 is 0 Å². The molecule has 6 heteroatoms. The van der Waals surface area contributed by atoms with Crippen LogP contribution in [0.2, 0.25) is 0 Å². The van der Waals surface area contributed by atoms with Gasteiger partial charge in [0, 0.05) is 31.2 Å². The van der Waals surface area contributed by atoms with Crippen LogP contribution in [0.15, 0.2) is 91.1 Å². The van der Waals surface area contributed by atoms with E-state index in [4.69, 9.17) is 4.98 Å². The largest absolute Gasteiger partial charge is 0.378 e. The van der Waals surface area contributed by atoms with Crippen LogP contribution in [0, 0.1) is 0 Å². The molecule has 3 aromatic carbocycles. The minimum Gasteiger partial charge on any atom is -0.378 e. The van der Waals surface area contributed by atoms with Crippen LogP contribution < -0.4 is 15.1 Å². The van der Waals surface area contributed by atoms with Crippen molar-refractivity contribution in [2.24, 2.45) is 0 Å². The van der Waals surface area contributed by atoms with Crippen LogP contribution in [0.4, 0.5) is 28.8 Å². The van der Waals surface area contributed by atoms with Gasteiger partial charge >= 0.3 is 0 Å². The summed E-state index contributed by atoms with van der Waals surface area (Å²) in [6, 6.07) is 28.6. The van der Waals surface area contributed by atoms with Crippen molar-refractivity contribution >= 4 is 28.8 Å². The lowest BCUT2D eigenvalue weighted by Crippen LogP contribution is -2.20. The minimum atomic E-state index is 0.542. The Bertz CT molecular complexity index is 1070. The maximum absolute atomic E-state index is 4.73. The first-order valence-corrected chi connectivity index (χ1v) is 9.80. The van der Waals surface area contributed by atoms with Crippen LogP contribution in [-0.2, 0) is 6.54 Å². The highest BCUT2D eigenvalue weighted by Gasteiger charge is 2.14. The molecule has 150 valence electrons. The molecule has 1 N–H and O–H groups in total. The molecule has 4 rings (SSSR count). The standard InChI is InChI=1S/C24H24N6/c1-29(2)21-15-13-20(14-16-21)26-23-17-25-28-24(27-23)30(22-11-7-4-8-12-22)18-19-9-5-3-6-10-19/h3-17H,18H2,1-2H3,(H,26,27,28). The number of anilines is 5. The molecule has 1 aromatic heterocycles. The second-order valence-corrected chi connectivity index (χ2v) is 7.12. The molecular weight excluding hydrogens is 372 g/mol. The van der Waals surface area contributed by atoms with Crippen molar-refractivity contribution in [1.82, 2.24) is 15.2 Å². The van der Waals surface area contributed by atoms with Crippen LogP contribution in [0.1, 0.15) is 5.56 Å². The molecule has 0 spiro atoms. The third-order valence-corrected chi connectivity index (χ3v) is 4.70. The molecule has 0 aliphatic rings. The molecule has 4 aromatic rings. The Balaban J connectivity index is 1.61. The quantitative estimate of drug-likeness (QED) is 0.473. The van der Waals surface area contributed by atoms with Crippen LogP contribution in [0.3, 0.4) is 0 Å². The van der Waals surface area contributed by atoms with Gasteiger partial charge in [-0.15, -0.1) is 5.10 Å². The lowest BCUT2D eigenvalue weighted by Gasteiger charge is -2.23. The summed E-state index contributed by atoms with van der Waals surface area (Å²) in [5.74, 6) is 1.19. The van der Waals surface area contributed by atoms with E-state index in [1.165, 1.54) is 5.56 Å². The third-order valence-electron chi connectivity index (χ3n) is 4.70. The predicted molar refractivity (Wildman–Crippen MR) is 123 cm³/mol. The third kappa shape index (κ3) is 4.72. The van der Waals surface area contributed by atoms with E-state index in [9.17, 15) is 0 Å². The molecule has 0 radical (unpaired) electrons. The summed E-state index contributed by atoms with van der Waals surface area (Å²) in [7, 11) is 4.04. The monoisotopic (exact) mass is 396 g/mol. The van der Waals surface area contributed by atoms with E-state index in [1.54, 1.807) is 6.20 Å². The van der Waals surface area contributed by atoms with Crippen molar-refractivity contribution in [2.45, 2.75) is 6.54 Å². The summed E-state index contributed by atoms with van der Waals surface area (Å²) < 4.78 is 0. The van der Waals surface area contributed by atoms with Gasteiger partial charge in [-0.25, -0.2) is 0 Å². The summed E-state index contributed by atoms with van der Waals surface area (Å²) in [4.78, 5) is 8.85. The van der Waals surface area contributed by atoms with E-state index < -0.39 is 0 Å². The molecule has 6 nitrogen and oxygen atoms in total. The van der Waals surface area contributed by atoms with Crippen molar-refractivity contribution in [3.8, 4) is 0 Å². The van der Waals surface area contributed by atoms with Gasteiger partial charge in [-0.1, -0.05) is 48.5 Å². The molecule has 0 saturated carbocycles. The number of nitrogens with zero attached hydrogens (tertiary/aromatic N) is 5. The van der Waals surface area contributed by atoms with E-state index in [2.05, 4.69) is 49.6 Å². The molecule has 1 heterocycles. The van der Waals surface area contributed by atoms with Gasteiger partial charge in [0.2, 0.25) is 0 Å². The Kier molecular flexibility index (Phi) is 5.85. The maximum atomic E-state index is 4.73. The smallest absolute Gasteiger partial charge is 0.252 e. The molecule has 0 bridgehead atoms. The van der Waals surface area contributed by atoms with Gasteiger partial charge in [-0.3, -0.25) is 0 Å². The van der Waals surface area contributed by atoms with Crippen molar-refractivity contribution in [2.75, 3.05) is 29.2 Å². The van der Waals surface area contributed by atoms with E-state index in [0.717, 1.165) is 17.1 Å². The molecule has 0 atom stereocenters. The van der Waals surface area contributed by atoms with E-state index in [-0.39, 0.29) is 0 Å². The second-order valence-electron chi connectivity index (χ2n) is 7.12. The number of hydrogen-bond acceptors (Lipinski definition) is 6. The first-order chi connectivity index (χ1) is 14.7. The predicted octanol–water partition coefficient (Wildman–Crippen LogP) is 5.02. The fourth-order valence-corrected chi connectivity index (χ4v) is 3.11. The lowest BCUT2D eigenvalue weighted by atomic mass is 10.2. The zero-order chi connectivity index (χ0) is 20.8. The topological polar surface area (TPSA) is 57.2 Å². The zero-order valence-electron chi connectivity index (χ0n) is 17.1. The molecule has 0 aliphatic carbocycles. The van der Waals surface area contributed by atoms with Gasteiger partial charge in [0.25, 0.3) is 5.95 Å². The van der Waals surface area contributed by atoms with Crippen molar-refractivity contribution in [3.05, 3.63) is 96.7 Å². The summed E-state index contributed by atoms with van der Waals surface area (Å²) in [5.41, 5.74) is 4.26. The average molecular weight is 396 g/mol. The van der Waals surface area contributed by atoms with Crippen LogP contribution in [0.25, 0.3) is 0 Å². The first-order valence-electron chi connectivity index (χ1n) is 9.80. The Morgan fingerprint density at radius 2 is 1.43 bits per heavy atom. The lowest BCUT2D eigenvalue weighted by molar-refractivity contribution is 0.865. The highest BCUT2D eigenvalue weighted by molar-refractivity contribution is 5.62. The molecule has 0 amide bonds. The fourth-order valence-electron chi connectivity index (χ4n) is 3.11. The van der Waals surface area contributed by atoms with Gasteiger partial charge in [0.15, 0.2) is 5.82 Å². The molecule has 0 aliphatic heterocycles. The number of benzene rings is 3. The highest BCUT2D eigenvalue weighted by atomic mass is 15.3. The van der Waals surface area contributed by atoms with Crippen molar-refractivity contribution < 1.29 is 0 Å². The van der Waals surface area contributed by atoms with Crippen molar-refractivity contribution in [3.63, 3.8) is 0 Å². The molecule has 0 saturated heterocycles. The normalized spacial score (nSPS) is 10.5. The van der Waals surface area contributed by atoms with Gasteiger partial charge in [0.1, 0.15) is 0 Å². The van der Waals surface area contributed by atoms with Gasteiger partial charge in [-0.05, 0) is 42.0 Å². The SMILES string of the molecule is CN(C)c1ccc(Nc2cnnc(N(Cc3ccccc3)c3ccccc3)n2)cc1. The molecule has 0 unspecified atom stereocenters. The number of para-hydroxylation sites is 1. The van der Waals surface area contributed by atoms with Gasteiger partial charge in [-0.2, -0.15) is 10.1 Å². The first kappa shape index (κ1) is 19.4. The molecular formula is C24H24N6. The fraction of sp³-hybridized carbons (Fsp3) is 0.125. The zero-order valence-corrected chi connectivity index (χ0v) is 17.1. The number of hydrogen-bond donors (Lipinski definition) is 1. The van der Waals surface area contributed by atoms with E-state index in [0.29, 0.717) is 18.3 Å².